The summed E-state index contributed by atoms with van der Waals surface area (Å²) >= 11 is 1.48. The number of carbonyl (C=O) groups excluding carboxylic acids is 2. The van der Waals surface area contributed by atoms with E-state index in [2.05, 4.69) is 15.6 Å². The molecule has 0 fully saturated rings. The molecule has 3 aromatic rings. The summed E-state index contributed by atoms with van der Waals surface area (Å²) in [5.74, 6) is -0.397. The largest absolute Gasteiger partial charge is 0.348 e. The standard InChI is InChI=1S/C23H23N3O2S/c1-16-9-11-19(12-10-16)29-17(2)22(27)26-21-8-4-3-7-20(21)23(28)25-15-18-6-5-13-24-14-18/h3-14,17H,15H2,1-2H3,(H,25,28)(H,26,27)/t17-/m1/s1. The number of rotatable bonds is 7. The first-order valence-corrected chi connectivity index (χ1v) is 10.2. The van der Waals surface area contributed by atoms with E-state index in [0.29, 0.717) is 17.8 Å². The molecule has 29 heavy (non-hydrogen) atoms. The van der Waals surface area contributed by atoms with Crippen LogP contribution in [-0.4, -0.2) is 22.0 Å². The molecule has 2 amide bonds. The lowest BCUT2D eigenvalue weighted by atomic mass is 10.1. The predicted molar refractivity (Wildman–Crippen MR) is 117 cm³/mol. The third-order valence-corrected chi connectivity index (χ3v) is 5.42. The van der Waals surface area contributed by atoms with Crippen molar-refractivity contribution in [1.82, 2.24) is 10.3 Å². The molecule has 2 N–H and O–H groups in total. The summed E-state index contributed by atoms with van der Waals surface area (Å²) < 4.78 is 0. The Balaban J connectivity index is 1.63. The summed E-state index contributed by atoms with van der Waals surface area (Å²) in [5.41, 5.74) is 3.01. The third-order valence-electron chi connectivity index (χ3n) is 4.31. The van der Waals surface area contributed by atoms with Gasteiger partial charge in [-0.15, -0.1) is 11.8 Å². The molecule has 1 aromatic heterocycles. The normalized spacial score (nSPS) is 11.5. The summed E-state index contributed by atoms with van der Waals surface area (Å²) in [6, 6.07) is 18.8. The molecule has 148 valence electrons. The van der Waals surface area contributed by atoms with Gasteiger partial charge in [-0.3, -0.25) is 14.6 Å². The SMILES string of the molecule is Cc1ccc(S[C@H](C)C(=O)Nc2ccccc2C(=O)NCc2cccnc2)cc1. The molecule has 0 bridgehead atoms. The lowest BCUT2D eigenvalue weighted by Crippen LogP contribution is -2.27. The van der Waals surface area contributed by atoms with Gasteiger partial charge in [-0.2, -0.15) is 0 Å². The fourth-order valence-corrected chi connectivity index (χ4v) is 3.55. The molecule has 1 heterocycles. The minimum Gasteiger partial charge on any atom is -0.348 e. The number of nitrogens with zero attached hydrogens (tertiary/aromatic N) is 1. The molecule has 0 spiro atoms. The molecule has 0 unspecified atom stereocenters. The zero-order valence-corrected chi connectivity index (χ0v) is 17.2. The molecule has 0 radical (unpaired) electrons. The quantitative estimate of drug-likeness (QED) is 0.570. The Labute approximate surface area is 175 Å². The van der Waals surface area contributed by atoms with Crippen LogP contribution in [0.1, 0.15) is 28.4 Å². The Morgan fingerprint density at radius 1 is 1.03 bits per heavy atom. The number of pyridine rings is 1. The summed E-state index contributed by atoms with van der Waals surface area (Å²) in [6.07, 6.45) is 3.39. The van der Waals surface area contributed by atoms with E-state index in [-0.39, 0.29) is 17.1 Å². The van der Waals surface area contributed by atoms with E-state index in [1.807, 2.05) is 50.2 Å². The van der Waals surface area contributed by atoms with E-state index in [9.17, 15) is 9.59 Å². The van der Waals surface area contributed by atoms with Crippen LogP contribution in [0.5, 0.6) is 0 Å². The highest BCUT2D eigenvalue weighted by Crippen LogP contribution is 2.25. The van der Waals surface area contributed by atoms with E-state index < -0.39 is 0 Å². The number of benzene rings is 2. The molecule has 3 rings (SSSR count). The van der Waals surface area contributed by atoms with Crippen molar-refractivity contribution in [1.29, 1.82) is 0 Å². The van der Waals surface area contributed by atoms with E-state index in [4.69, 9.17) is 0 Å². The fourth-order valence-electron chi connectivity index (χ4n) is 2.68. The highest BCUT2D eigenvalue weighted by atomic mass is 32.2. The number of carbonyl (C=O) groups is 2. The molecule has 5 nitrogen and oxygen atoms in total. The highest BCUT2D eigenvalue weighted by molar-refractivity contribution is 8.00. The van der Waals surface area contributed by atoms with Gasteiger partial charge in [0, 0.05) is 23.8 Å². The highest BCUT2D eigenvalue weighted by Gasteiger charge is 2.18. The number of anilines is 1. The van der Waals surface area contributed by atoms with Gasteiger partial charge in [0.15, 0.2) is 0 Å². The van der Waals surface area contributed by atoms with Crippen molar-refractivity contribution in [2.45, 2.75) is 30.5 Å². The van der Waals surface area contributed by atoms with Crippen LogP contribution in [0.25, 0.3) is 0 Å². The molecule has 6 heteroatoms. The van der Waals surface area contributed by atoms with Crippen LogP contribution < -0.4 is 10.6 Å². The number of aromatic nitrogens is 1. The number of para-hydroxylation sites is 1. The zero-order chi connectivity index (χ0) is 20.6. The van der Waals surface area contributed by atoms with Crippen LogP contribution in [-0.2, 0) is 11.3 Å². The van der Waals surface area contributed by atoms with Gasteiger partial charge < -0.3 is 10.6 Å². The minimum absolute atomic E-state index is 0.150. The maximum absolute atomic E-state index is 12.7. The monoisotopic (exact) mass is 405 g/mol. The van der Waals surface area contributed by atoms with Crippen molar-refractivity contribution in [3.63, 3.8) is 0 Å². The lowest BCUT2D eigenvalue weighted by molar-refractivity contribution is -0.115. The van der Waals surface area contributed by atoms with E-state index in [0.717, 1.165) is 10.5 Å². The fraction of sp³-hybridized carbons (Fsp3) is 0.174. The summed E-state index contributed by atoms with van der Waals surface area (Å²) in [5, 5.41) is 5.45. The van der Waals surface area contributed by atoms with E-state index in [1.54, 1.807) is 36.7 Å². The second-order valence-electron chi connectivity index (χ2n) is 6.65. The predicted octanol–water partition coefficient (Wildman–Crippen LogP) is 4.44. The zero-order valence-electron chi connectivity index (χ0n) is 16.4. The molecule has 0 saturated carbocycles. The maximum Gasteiger partial charge on any atom is 0.253 e. The Bertz CT molecular complexity index is 975. The Morgan fingerprint density at radius 3 is 2.52 bits per heavy atom. The molecule has 1 atom stereocenters. The van der Waals surface area contributed by atoms with Crippen molar-refractivity contribution in [3.05, 3.63) is 89.7 Å². The van der Waals surface area contributed by atoms with E-state index >= 15 is 0 Å². The average Bonchev–Trinajstić information content (AvgIpc) is 2.74. The second kappa shape index (κ2) is 9.89. The molecule has 2 aromatic carbocycles. The smallest absolute Gasteiger partial charge is 0.253 e. The van der Waals surface area contributed by atoms with Crippen LogP contribution in [0.2, 0.25) is 0 Å². The number of hydrogen-bond acceptors (Lipinski definition) is 4. The Kier molecular flexibility index (Phi) is 7.03. The summed E-state index contributed by atoms with van der Waals surface area (Å²) in [4.78, 5) is 30.4. The van der Waals surface area contributed by atoms with Crippen molar-refractivity contribution >= 4 is 29.3 Å². The molecule has 0 saturated heterocycles. The van der Waals surface area contributed by atoms with Crippen molar-refractivity contribution in [2.75, 3.05) is 5.32 Å². The average molecular weight is 406 g/mol. The van der Waals surface area contributed by atoms with Crippen molar-refractivity contribution in [2.24, 2.45) is 0 Å². The van der Waals surface area contributed by atoms with Gasteiger partial charge >= 0.3 is 0 Å². The Hall–Kier alpha value is -3.12. The third kappa shape index (κ3) is 5.93. The van der Waals surface area contributed by atoms with Gasteiger partial charge in [0.2, 0.25) is 5.91 Å². The van der Waals surface area contributed by atoms with Gasteiger partial charge in [-0.05, 0) is 49.7 Å². The topological polar surface area (TPSA) is 71.1 Å². The van der Waals surface area contributed by atoms with Gasteiger partial charge in [-0.1, -0.05) is 35.9 Å². The first kappa shape index (κ1) is 20.6. The number of aryl methyl sites for hydroxylation is 1. The van der Waals surface area contributed by atoms with Crippen LogP contribution in [0.4, 0.5) is 5.69 Å². The first-order valence-electron chi connectivity index (χ1n) is 9.33. The second-order valence-corrected chi connectivity index (χ2v) is 8.07. The minimum atomic E-state index is -0.302. The molecule has 0 aliphatic heterocycles. The molecular weight excluding hydrogens is 382 g/mol. The van der Waals surface area contributed by atoms with Crippen LogP contribution in [0, 0.1) is 6.92 Å². The van der Waals surface area contributed by atoms with Crippen molar-refractivity contribution < 1.29 is 9.59 Å². The first-order chi connectivity index (χ1) is 14.0. The number of thioether (sulfide) groups is 1. The molecule has 0 aliphatic rings. The summed E-state index contributed by atoms with van der Waals surface area (Å²) in [6.45, 7) is 4.25. The van der Waals surface area contributed by atoms with Gasteiger partial charge in [-0.25, -0.2) is 0 Å². The van der Waals surface area contributed by atoms with Gasteiger partial charge in [0.1, 0.15) is 0 Å². The molecule has 0 aliphatic carbocycles. The molecular formula is C23H23N3O2S. The van der Waals surface area contributed by atoms with E-state index in [1.165, 1.54) is 17.3 Å². The number of nitrogens with one attached hydrogen (secondary N) is 2. The van der Waals surface area contributed by atoms with Crippen LogP contribution in [0.3, 0.4) is 0 Å². The number of hydrogen-bond donors (Lipinski definition) is 2. The summed E-state index contributed by atoms with van der Waals surface area (Å²) in [7, 11) is 0. The van der Waals surface area contributed by atoms with Crippen molar-refractivity contribution in [3.8, 4) is 0 Å². The Morgan fingerprint density at radius 2 is 1.79 bits per heavy atom. The van der Waals surface area contributed by atoms with Crippen LogP contribution >= 0.6 is 11.8 Å². The lowest BCUT2D eigenvalue weighted by Gasteiger charge is -2.15. The van der Waals surface area contributed by atoms with Crippen LogP contribution in [0.15, 0.2) is 78.0 Å². The van der Waals surface area contributed by atoms with Gasteiger partial charge in [0.25, 0.3) is 5.91 Å². The maximum atomic E-state index is 12.7. The van der Waals surface area contributed by atoms with Gasteiger partial charge in [0.05, 0.1) is 16.5 Å². The number of amides is 2.